The zero-order valence-electron chi connectivity index (χ0n) is 19.0. The van der Waals surface area contributed by atoms with E-state index in [0.29, 0.717) is 39.5 Å². The minimum Gasteiger partial charge on any atom is -0.487 e. The molecule has 36 heavy (non-hydrogen) atoms. The summed E-state index contributed by atoms with van der Waals surface area (Å²) in [7, 11) is -3.48. The first-order chi connectivity index (χ1) is 17.2. The minimum atomic E-state index is -3.48. The highest BCUT2D eigenvalue weighted by Crippen LogP contribution is 2.27. The Morgan fingerprint density at radius 3 is 2.58 bits per heavy atom. The van der Waals surface area contributed by atoms with Gasteiger partial charge < -0.3 is 10.1 Å². The van der Waals surface area contributed by atoms with Gasteiger partial charge in [-0.25, -0.2) is 13.1 Å². The molecule has 4 rings (SSSR count). The lowest BCUT2D eigenvalue weighted by molar-refractivity contribution is 0.102. The molecule has 0 saturated heterocycles. The topological polar surface area (TPSA) is 126 Å². The molecule has 0 fully saturated rings. The fourth-order valence-corrected chi connectivity index (χ4v) is 4.37. The molecule has 0 aliphatic heterocycles. The predicted octanol–water partition coefficient (Wildman–Crippen LogP) is 4.71. The maximum absolute atomic E-state index is 12.9. The molecule has 0 atom stereocenters. The van der Waals surface area contributed by atoms with Crippen molar-refractivity contribution < 1.29 is 17.9 Å². The number of nitrogens with one attached hydrogen (secondary N) is 2. The first-order valence-corrected chi connectivity index (χ1v) is 13.2. The molecule has 1 aromatic heterocycles. The second kappa shape index (κ2) is 10.6. The number of anilines is 2. The number of hydrogen-bond acceptors (Lipinski definition) is 6. The number of rotatable bonds is 8. The van der Waals surface area contributed by atoms with Crippen LogP contribution in [0.4, 0.5) is 11.4 Å². The smallest absolute Gasteiger partial charge is 0.258 e. The van der Waals surface area contributed by atoms with Gasteiger partial charge in [-0.2, -0.15) is 10.4 Å². The van der Waals surface area contributed by atoms with Crippen LogP contribution in [-0.2, 0) is 16.6 Å². The van der Waals surface area contributed by atoms with Crippen LogP contribution in [0.1, 0.15) is 21.5 Å². The Bertz CT molecular complexity index is 1560. The number of sulfonamides is 1. The lowest BCUT2D eigenvalue weighted by atomic mass is 10.2. The van der Waals surface area contributed by atoms with Gasteiger partial charge in [-0.3, -0.25) is 9.52 Å². The summed E-state index contributed by atoms with van der Waals surface area (Å²) in [6.45, 7) is 0.321. The van der Waals surface area contributed by atoms with Crippen molar-refractivity contribution in [1.82, 2.24) is 9.78 Å². The number of carbonyl (C=O) groups is 1. The van der Waals surface area contributed by atoms with Crippen LogP contribution < -0.4 is 14.8 Å². The van der Waals surface area contributed by atoms with Crippen molar-refractivity contribution in [3.63, 3.8) is 0 Å². The van der Waals surface area contributed by atoms with E-state index in [9.17, 15) is 18.5 Å². The number of carbonyl (C=O) groups excluding carboxylic acids is 1. The van der Waals surface area contributed by atoms with Crippen molar-refractivity contribution in [2.45, 2.75) is 6.61 Å². The van der Waals surface area contributed by atoms with Crippen LogP contribution in [0.25, 0.3) is 5.69 Å². The van der Waals surface area contributed by atoms with E-state index < -0.39 is 15.9 Å². The van der Waals surface area contributed by atoms with E-state index in [-0.39, 0.29) is 5.56 Å². The third-order valence-corrected chi connectivity index (χ3v) is 5.94. The number of benzene rings is 3. The monoisotopic (exact) mass is 565 g/mol. The van der Waals surface area contributed by atoms with Gasteiger partial charge in [0.25, 0.3) is 5.91 Å². The van der Waals surface area contributed by atoms with E-state index in [1.807, 2.05) is 30.3 Å². The summed E-state index contributed by atoms with van der Waals surface area (Å²) in [5, 5.41) is 16.4. The lowest BCUT2D eigenvalue weighted by Gasteiger charge is -2.12. The molecule has 1 heterocycles. The predicted molar refractivity (Wildman–Crippen MR) is 140 cm³/mol. The number of nitrogens with zero attached hydrogens (tertiary/aromatic N) is 3. The number of nitriles is 1. The first kappa shape index (κ1) is 25.0. The molecule has 3 aromatic carbocycles. The summed E-state index contributed by atoms with van der Waals surface area (Å²) < 4.78 is 33.5. The summed E-state index contributed by atoms with van der Waals surface area (Å²) >= 11 is 3.31. The van der Waals surface area contributed by atoms with Crippen molar-refractivity contribution in [2.75, 3.05) is 16.3 Å². The van der Waals surface area contributed by atoms with Crippen LogP contribution >= 0.6 is 15.9 Å². The Balaban J connectivity index is 1.56. The van der Waals surface area contributed by atoms with Crippen molar-refractivity contribution in [3.8, 4) is 17.5 Å². The lowest BCUT2D eigenvalue weighted by Crippen LogP contribution is -2.13. The highest BCUT2D eigenvalue weighted by Gasteiger charge is 2.15. The minimum absolute atomic E-state index is 0.254. The quantitative estimate of drug-likeness (QED) is 0.318. The van der Waals surface area contributed by atoms with Crippen LogP contribution in [0, 0.1) is 11.3 Å². The molecule has 1 amide bonds. The summed E-state index contributed by atoms with van der Waals surface area (Å²) in [5.74, 6) is 0.0456. The van der Waals surface area contributed by atoms with Gasteiger partial charge >= 0.3 is 0 Å². The summed E-state index contributed by atoms with van der Waals surface area (Å²) in [4.78, 5) is 12.9. The standard InChI is InChI=1S/C25H20BrN5O4S/c1-36(33,34)30-22-11-20(26)10-21(12-22)29-25(32)19-14-28-31(15-19)23-9-18(13-27)7-8-24(23)35-16-17-5-3-2-4-6-17/h2-12,14-15,30H,16H2,1H3,(H,29,32). The molecule has 0 aliphatic carbocycles. The SMILES string of the molecule is CS(=O)(=O)Nc1cc(Br)cc(NC(=O)c2cnn(-c3cc(C#N)ccc3OCc3ccccc3)c2)c1. The van der Waals surface area contributed by atoms with E-state index in [4.69, 9.17) is 4.74 Å². The Hall–Kier alpha value is -4.14. The van der Waals surface area contributed by atoms with Gasteiger partial charge in [-0.15, -0.1) is 0 Å². The Labute approximate surface area is 216 Å². The Kier molecular flexibility index (Phi) is 7.38. The van der Waals surface area contributed by atoms with E-state index in [0.717, 1.165) is 11.8 Å². The molecule has 182 valence electrons. The fraction of sp³-hybridized carbons (Fsp3) is 0.0800. The van der Waals surface area contributed by atoms with Crippen LogP contribution in [0.15, 0.2) is 83.6 Å². The summed E-state index contributed by atoms with van der Waals surface area (Å²) in [6.07, 6.45) is 3.96. The molecule has 0 radical (unpaired) electrons. The maximum Gasteiger partial charge on any atom is 0.258 e. The maximum atomic E-state index is 12.9. The summed E-state index contributed by atoms with van der Waals surface area (Å²) in [5.41, 5.74) is 2.83. The van der Waals surface area contributed by atoms with E-state index in [2.05, 4.69) is 37.1 Å². The highest BCUT2D eigenvalue weighted by atomic mass is 79.9. The Morgan fingerprint density at radius 1 is 1.11 bits per heavy atom. The van der Waals surface area contributed by atoms with E-state index in [1.165, 1.54) is 23.1 Å². The normalized spacial score (nSPS) is 10.9. The molecule has 0 saturated carbocycles. The third-order valence-electron chi connectivity index (χ3n) is 4.88. The summed E-state index contributed by atoms with van der Waals surface area (Å²) in [6, 6.07) is 21.4. The number of ether oxygens (including phenoxy) is 1. The molecule has 0 aliphatic rings. The van der Waals surface area contributed by atoms with Gasteiger partial charge in [-0.1, -0.05) is 46.3 Å². The van der Waals surface area contributed by atoms with Crippen LogP contribution in [0.3, 0.4) is 0 Å². The molecule has 0 spiro atoms. The highest BCUT2D eigenvalue weighted by molar-refractivity contribution is 9.10. The fourth-order valence-electron chi connectivity index (χ4n) is 3.33. The van der Waals surface area contributed by atoms with Gasteiger partial charge in [0.15, 0.2) is 0 Å². The molecule has 0 bridgehead atoms. The zero-order chi connectivity index (χ0) is 25.7. The van der Waals surface area contributed by atoms with Gasteiger partial charge in [0.2, 0.25) is 10.0 Å². The number of halogens is 1. The molecular formula is C25H20BrN5O4S. The third kappa shape index (κ3) is 6.50. The van der Waals surface area contributed by atoms with Gasteiger partial charge in [0, 0.05) is 16.4 Å². The van der Waals surface area contributed by atoms with E-state index in [1.54, 1.807) is 30.3 Å². The zero-order valence-corrected chi connectivity index (χ0v) is 21.4. The molecule has 2 N–H and O–H groups in total. The van der Waals surface area contributed by atoms with Crippen LogP contribution in [0.5, 0.6) is 5.75 Å². The number of amides is 1. The van der Waals surface area contributed by atoms with Gasteiger partial charge in [0.1, 0.15) is 18.0 Å². The number of aromatic nitrogens is 2. The largest absolute Gasteiger partial charge is 0.487 e. The van der Waals surface area contributed by atoms with Gasteiger partial charge in [0.05, 0.1) is 35.3 Å². The molecule has 0 unspecified atom stereocenters. The Morgan fingerprint density at radius 2 is 1.86 bits per heavy atom. The van der Waals surface area contributed by atoms with Crippen molar-refractivity contribution in [3.05, 3.63) is 100 Å². The first-order valence-electron chi connectivity index (χ1n) is 10.6. The molecular weight excluding hydrogens is 546 g/mol. The average Bonchev–Trinajstić information content (AvgIpc) is 3.32. The van der Waals surface area contributed by atoms with Crippen LogP contribution in [-0.4, -0.2) is 30.4 Å². The second-order valence-corrected chi connectivity index (χ2v) is 10.5. The second-order valence-electron chi connectivity index (χ2n) is 7.80. The molecule has 11 heteroatoms. The number of hydrogen-bond donors (Lipinski definition) is 2. The van der Waals surface area contributed by atoms with Crippen molar-refractivity contribution >= 4 is 43.2 Å². The van der Waals surface area contributed by atoms with Crippen molar-refractivity contribution in [1.29, 1.82) is 5.26 Å². The van der Waals surface area contributed by atoms with Gasteiger partial charge in [-0.05, 0) is 42.0 Å². The average molecular weight is 566 g/mol. The van der Waals surface area contributed by atoms with E-state index >= 15 is 0 Å². The van der Waals surface area contributed by atoms with Crippen molar-refractivity contribution in [2.24, 2.45) is 0 Å². The van der Waals surface area contributed by atoms with Crippen LogP contribution in [0.2, 0.25) is 0 Å². The molecule has 4 aromatic rings. The molecule has 9 nitrogen and oxygen atoms in total.